The monoisotopic (exact) mass is 271 g/mol. The Bertz CT molecular complexity index is 338. The zero-order valence-corrected chi connectivity index (χ0v) is 12.3. The van der Waals surface area contributed by atoms with E-state index < -0.39 is 11.4 Å². The molecule has 0 aliphatic heterocycles. The molecule has 0 heterocycles. The summed E-state index contributed by atoms with van der Waals surface area (Å²) in [6, 6.07) is 0. The molecule has 110 valence electrons. The van der Waals surface area contributed by atoms with E-state index in [1.807, 2.05) is 6.92 Å². The van der Waals surface area contributed by atoms with Gasteiger partial charge in [-0.3, -0.25) is 9.59 Å². The molecule has 0 aromatic heterocycles. The molecule has 0 aliphatic carbocycles. The van der Waals surface area contributed by atoms with E-state index in [1.165, 1.54) is 0 Å². The summed E-state index contributed by atoms with van der Waals surface area (Å²) in [5.74, 6) is -1.33. The van der Waals surface area contributed by atoms with E-state index in [4.69, 9.17) is 4.74 Å². The number of hydrogen-bond donors (Lipinski definition) is 2. The van der Waals surface area contributed by atoms with Crippen molar-refractivity contribution in [1.29, 1.82) is 0 Å². The number of carbonyl (C=O) groups excluding carboxylic acids is 1. The molecule has 0 fully saturated rings. The Morgan fingerprint density at radius 3 is 2.42 bits per heavy atom. The lowest BCUT2D eigenvalue weighted by atomic mass is 9.76. The second kappa shape index (κ2) is 7.94. The van der Waals surface area contributed by atoms with Gasteiger partial charge in [-0.15, -0.1) is 0 Å². The maximum absolute atomic E-state index is 11.7. The predicted octanol–water partition coefficient (Wildman–Crippen LogP) is 1.83. The molecule has 0 rings (SSSR count). The average Bonchev–Trinajstić information content (AvgIpc) is 2.27. The van der Waals surface area contributed by atoms with Gasteiger partial charge in [0, 0.05) is 13.0 Å². The Morgan fingerprint density at radius 2 is 2.00 bits per heavy atom. The van der Waals surface area contributed by atoms with Gasteiger partial charge in [-0.05, 0) is 19.8 Å². The van der Waals surface area contributed by atoms with E-state index in [1.54, 1.807) is 20.8 Å². The van der Waals surface area contributed by atoms with Gasteiger partial charge in [-0.1, -0.05) is 26.0 Å². The van der Waals surface area contributed by atoms with E-state index in [-0.39, 0.29) is 18.2 Å². The zero-order chi connectivity index (χ0) is 15.1. The topological polar surface area (TPSA) is 75.6 Å². The number of carbonyl (C=O) groups is 2. The van der Waals surface area contributed by atoms with E-state index in [0.717, 1.165) is 5.57 Å². The van der Waals surface area contributed by atoms with Crippen LogP contribution in [0.1, 0.15) is 34.1 Å². The van der Waals surface area contributed by atoms with Crippen LogP contribution < -0.4 is 5.32 Å². The third-order valence-corrected chi connectivity index (χ3v) is 3.21. The number of carboxylic acids is 1. The number of hydrogen-bond acceptors (Lipinski definition) is 3. The third-order valence-electron chi connectivity index (χ3n) is 3.21. The maximum Gasteiger partial charge on any atom is 0.310 e. The lowest BCUT2D eigenvalue weighted by Crippen LogP contribution is -2.39. The minimum Gasteiger partial charge on any atom is -0.481 e. The number of ether oxygens (including phenoxy) is 1. The van der Waals surface area contributed by atoms with Crippen LogP contribution in [0, 0.1) is 11.3 Å². The van der Waals surface area contributed by atoms with Crippen molar-refractivity contribution in [3.63, 3.8) is 0 Å². The quantitative estimate of drug-likeness (QED) is 0.495. The fourth-order valence-corrected chi connectivity index (χ4v) is 1.43. The Kier molecular flexibility index (Phi) is 7.37. The molecule has 2 N–H and O–H groups in total. The highest BCUT2D eigenvalue weighted by Crippen LogP contribution is 2.31. The smallest absolute Gasteiger partial charge is 0.310 e. The van der Waals surface area contributed by atoms with Crippen molar-refractivity contribution in [2.45, 2.75) is 34.1 Å². The number of rotatable bonds is 9. The molecule has 0 radical (unpaired) electrons. The molecule has 1 unspecified atom stereocenters. The van der Waals surface area contributed by atoms with Crippen LogP contribution in [-0.2, 0) is 14.3 Å². The van der Waals surface area contributed by atoms with Crippen LogP contribution in [0.25, 0.3) is 0 Å². The fraction of sp³-hybridized carbons (Fsp3) is 0.714. The minimum atomic E-state index is -1.04. The summed E-state index contributed by atoms with van der Waals surface area (Å²) < 4.78 is 5.24. The van der Waals surface area contributed by atoms with Crippen molar-refractivity contribution in [2.24, 2.45) is 11.3 Å². The number of carboxylic acid groups (broad SMARTS) is 1. The van der Waals surface area contributed by atoms with Gasteiger partial charge in [0.15, 0.2) is 0 Å². The van der Waals surface area contributed by atoms with Gasteiger partial charge in [0.25, 0.3) is 0 Å². The number of nitrogens with one attached hydrogen (secondary N) is 1. The van der Waals surface area contributed by atoms with Crippen molar-refractivity contribution in [3.05, 3.63) is 12.2 Å². The maximum atomic E-state index is 11.7. The van der Waals surface area contributed by atoms with Crippen molar-refractivity contribution >= 4 is 11.9 Å². The average molecular weight is 271 g/mol. The first-order valence-electron chi connectivity index (χ1n) is 6.42. The van der Waals surface area contributed by atoms with Gasteiger partial charge >= 0.3 is 5.97 Å². The van der Waals surface area contributed by atoms with Crippen LogP contribution in [0.5, 0.6) is 0 Å². The van der Waals surface area contributed by atoms with Gasteiger partial charge in [0.05, 0.1) is 18.6 Å². The molecule has 0 spiro atoms. The van der Waals surface area contributed by atoms with Crippen LogP contribution in [0.15, 0.2) is 12.2 Å². The van der Waals surface area contributed by atoms with E-state index >= 15 is 0 Å². The Morgan fingerprint density at radius 1 is 1.42 bits per heavy atom. The molecule has 0 saturated carbocycles. The molecule has 0 aromatic carbocycles. The predicted molar refractivity (Wildman–Crippen MR) is 73.8 cm³/mol. The summed E-state index contributed by atoms with van der Waals surface area (Å²) in [4.78, 5) is 23.0. The Hall–Kier alpha value is -1.36. The summed E-state index contributed by atoms with van der Waals surface area (Å²) >= 11 is 0. The van der Waals surface area contributed by atoms with E-state index in [2.05, 4.69) is 11.9 Å². The Balaban J connectivity index is 4.09. The minimum absolute atomic E-state index is 0.0273. The zero-order valence-electron chi connectivity index (χ0n) is 12.3. The van der Waals surface area contributed by atoms with Crippen molar-refractivity contribution < 1.29 is 19.4 Å². The summed E-state index contributed by atoms with van der Waals surface area (Å²) in [6.07, 6.45) is -0.0273. The number of amides is 1. The first-order valence-corrected chi connectivity index (χ1v) is 6.42. The van der Waals surface area contributed by atoms with Gasteiger partial charge in [-0.25, -0.2) is 0 Å². The van der Waals surface area contributed by atoms with Gasteiger partial charge in [0.1, 0.15) is 0 Å². The van der Waals surface area contributed by atoms with Crippen LogP contribution in [0.2, 0.25) is 0 Å². The molecule has 5 heteroatoms. The van der Waals surface area contributed by atoms with Crippen molar-refractivity contribution in [1.82, 2.24) is 5.32 Å². The number of aliphatic carboxylic acids is 1. The van der Waals surface area contributed by atoms with Gasteiger partial charge < -0.3 is 15.2 Å². The van der Waals surface area contributed by atoms with Crippen LogP contribution in [0.4, 0.5) is 0 Å². The Labute approximate surface area is 115 Å². The third kappa shape index (κ3) is 6.38. The van der Waals surface area contributed by atoms with Crippen molar-refractivity contribution in [2.75, 3.05) is 19.8 Å². The van der Waals surface area contributed by atoms with Crippen LogP contribution in [0.3, 0.4) is 0 Å². The fourth-order valence-electron chi connectivity index (χ4n) is 1.43. The van der Waals surface area contributed by atoms with Crippen LogP contribution >= 0.6 is 0 Å². The van der Waals surface area contributed by atoms with E-state index in [9.17, 15) is 14.7 Å². The summed E-state index contributed by atoms with van der Waals surface area (Å²) in [6.45, 7) is 12.0. The largest absolute Gasteiger partial charge is 0.481 e. The summed E-state index contributed by atoms with van der Waals surface area (Å²) in [5.41, 5.74) is -0.118. The summed E-state index contributed by atoms with van der Waals surface area (Å²) in [7, 11) is 0. The standard InChI is InChI=1S/C14H25NO4/c1-10(2)9-19-7-6-15-12(16)8-14(5,11(3)4)13(17)18/h11H,1,6-9H2,2-5H3,(H,15,16)(H,17,18). The molecule has 1 atom stereocenters. The molecular formula is C14H25NO4. The first-order chi connectivity index (χ1) is 8.70. The summed E-state index contributed by atoms with van der Waals surface area (Å²) in [5, 5.41) is 11.9. The normalized spacial score (nSPS) is 13.9. The SMILES string of the molecule is C=C(C)COCCNC(=O)CC(C)(C(=O)O)C(C)C. The lowest BCUT2D eigenvalue weighted by molar-refractivity contribution is -0.153. The molecule has 5 nitrogen and oxygen atoms in total. The van der Waals surface area contributed by atoms with Gasteiger partial charge in [-0.2, -0.15) is 0 Å². The molecule has 0 aliphatic rings. The molecule has 19 heavy (non-hydrogen) atoms. The molecule has 0 bridgehead atoms. The highest BCUT2D eigenvalue weighted by molar-refractivity contribution is 5.84. The second-order valence-corrected chi connectivity index (χ2v) is 5.41. The van der Waals surface area contributed by atoms with Crippen LogP contribution in [-0.4, -0.2) is 36.7 Å². The molecule has 0 saturated heterocycles. The van der Waals surface area contributed by atoms with E-state index in [0.29, 0.717) is 19.8 Å². The molecule has 1 amide bonds. The molecular weight excluding hydrogens is 246 g/mol. The highest BCUT2D eigenvalue weighted by atomic mass is 16.5. The highest BCUT2D eigenvalue weighted by Gasteiger charge is 2.38. The second-order valence-electron chi connectivity index (χ2n) is 5.41. The lowest BCUT2D eigenvalue weighted by Gasteiger charge is -2.28. The molecule has 0 aromatic rings. The van der Waals surface area contributed by atoms with Crippen molar-refractivity contribution in [3.8, 4) is 0 Å². The first kappa shape index (κ1) is 17.6. The van der Waals surface area contributed by atoms with Gasteiger partial charge in [0.2, 0.25) is 5.91 Å².